The van der Waals surface area contributed by atoms with Gasteiger partial charge in [0.1, 0.15) is 0 Å². The first-order valence-electron chi connectivity index (χ1n) is 9.32. The second-order valence-electron chi connectivity index (χ2n) is 6.39. The number of rotatable bonds is 8. The molecule has 0 aliphatic heterocycles. The number of benzene rings is 2. The van der Waals surface area contributed by atoms with Crippen molar-refractivity contribution < 1.29 is 9.59 Å². The van der Waals surface area contributed by atoms with Crippen molar-refractivity contribution in [2.75, 3.05) is 11.1 Å². The topological polar surface area (TPSA) is 88.9 Å². The third-order valence-corrected chi connectivity index (χ3v) is 6.78. The Morgan fingerprint density at radius 2 is 1.81 bits per heavy atom. The average Bonchev–Trinajstić information content (AvgIpc) is 3.17. The smallest absolute Gasteiger partial charge is 0.251 e. The van der Waals surface area contributed by atoms with Crippen LogP contribution in [0.1, 0.15) is 23.1 Å². The highest BCUT2D eigenvalue weighted by atomic mass is 35.5. The van der Waals surface area contributed by atoms with Gasteiger partial charge >= 0.3 is 0 Å². The van der Waals surface area contributed by atoms with Gasteiger partial charge in [-0.15, -0.1) is 10.2 Å². The minimum atomic E-state index is -0.318. The Kier molecular flexibility index (Phi) is 8.67. The third-order valence-electron chi connectivity index (χ3n) is 4.26. The zero-order valence-corrected chi connectivity index (χ0v) is 20.5. The largest absolute Gasteiger partial charge is 0.345 e. The van der Waals surface area contributed by atoms with E-state index < -0.39 is 0 Å². The van der Waals surface area contributed by atoms with Crippen molar-refractivity contribution in [3.8, 4) is 0 Å². The summed E-state index contributed by atoms with van der Waals surface area (Å²) < 4.78 is 1.82. The normalized spacial score (nSPS) is 10.8. The van der Waals surface area contributed by atoms with Crippen LogP contribution < -0.4 is 10.6 Å². The number of carbonyl (C=O) groups excluding carboxylic acids is 2. The molecule has 12 heteroatoms. The number of aromatic nitrogens is 3. The van der Waals surface area contributed by atoms with E-state index in [-0.39, 0.29) is 29.1 Å². The second kappa shape index (κ2) is 11.2. The fourth-order valence-corrected chi connectivity index (χ4v) is 4.16. The molecule has 0 bridgehead atoms. The summed E-state index contributed by atoms with van der Waals surface area (Å²) in [6.07, 6.45) is 0. The van der Waals surface area contributed by atoms with Crippen molar-refractivity contribution in [1.82, 2.24) is 20.1 Å². The molecule has 0 aliphatic rings. The molecule has 0 unspecified atom stereocenters. The standard InChI is InChI=1S/C20H17Cl4N5O2S/c1-2-29-16(9-25-19(31)11-6-7-12(21)14(23)8-11)27-28-20(29)32-10-17(30)26-15-5-3-4-13(22)18(15)24/h3-8H,2,9-10H2,1H3,(H,25,31)(H,26,30). The molecule has 1 heterocycles. The van der Waals surface area contributed by atoms with Crippen LogP contribution in [0, 0.1) is 0 Å². The van der Waals surface area contributed by atoms with Crippen LogP contribution in [0.5, 0.6) is 0 Å². The SMILES string of the molecule is CCn1c(CNC(=O)c2ccc(Cl)c(Cl)c2)nnc1SCC(=O)Nc1cccc(Cl)c1Cl. The van der Waals surface area contributed by atoms with Gasteiger partial charge in [0, 0.05) is 12.1 Å². The van der Waals surface area contributed by atoms with E-state index in [1.54, 1.807) is 30.3 Å². The maximum absolute atomic E-state index is 12.4. The third kappa shape index (κ3) is 6.08. The predicted octanol–water partition coefficient (Wildman–Crippen LogP) is 5.57. The van der Waals surface area contributed by atoms with Crippen molar-refractivity contribution in [2.45, 2.75) is 25.2 Å². The van der Waals surface area contributed by atoms with Gasteiger partial charge in [-0.2, -0.15) is 0 Å². The van der Waals surface area contributed by atoms with Crippen molar-refractivity contribution in [3.05, 3.63) is 67.9 Å². The first-order chi connectivity index (χ1) is 15.3. The van der Waals surface area contributed by atoms with Crippen LogP contribution >= 0.6 is 58.2 Å². The van der Waals surface area contributed by atoms with Crippen molar-refractivity contribution in [3.63, 3.8) is 0 Å². The molecule has 0 fully saturated rings. The second-order valence-corrected chi connectivity index (χ2v) is 8.93. The zero-order valence-electron chi connectivity index (χ0n) is 16.7. The van der Waals surface area contributed by atoms with Crippen molar-refractivity contribution in [2.24, 2.45) is 0 Å². The molecule has 0 radical (unpaired) electrons. The molecule has 0 saturated carbocycles. The Morgan fingerprint density at radius 3 is 2.53 bits per heavy atom. The summed E-state index contributed by atoms with van der Waals surface area (Å²) in [4.78, 5) is 24.7. The molecular weight excluding hydrogens is 516 g/mol. The maximum Gasteiger partial charge on any atom is 0.251 e. The molecule has 0 saturated heterocycles. The van der Waals surface area contributed by atoms with Crippen LogP contribution in [-0.4, -0.2) is 32.3 Å². The number of nitrogens with one attached hydrogen (secondary N) is 2. The van der Waals surface area contributed by atoms with Gasteiger partial charge in [-0.3, -0.25) is 9.59 Å². The lowest BCUT2D eigenvalue weighted by molar-refractivity contribution is -0.113. The van der Waals surface area contributed by atoms with Gasteiger partial charge < -0.3 is 15.2 Å². The Morgan fingerprint density at radius 1 is 1.03 bits per heavy atom. The Balaban J connectivity index is 1.59. The van der Waals surface area contributed by atoms with Gasteiger partial charge in [0.15, 0.2) is 11.0 Å². The summed E-state index contributed by atoms with van der Waals surface area (Å²) in [5.41, 5.74) is 0.820. The number of hydrogen-bond donors (Lipinski definition) is 2. The van der Waals surface area contributed by atoms with E-state index in [0.717, 1.165) is 0 Å². The first kappa shape index (κ1) is 24.7. The predicted molar refractivity (Wildman–Crippen MR) is 129 cm³/mol. The van der Waals surface area contributed by atoms with E-state index in [1.165, 1.54) is 17.8 Å². The molecule has 3 aromatic rings. The van der Waals surface area contributed by atoms with Gasteiger partial charge in [-0.25, -0.2) is 0 Å². The molecule has 7 nitrogen and oxygen atoms in total. The lowest BCUT2D eigenvalue weighted by Gasteiger charge is -2.10. The van der Waals surface area contributed by atoms with Gasteiger partial charge in [0.05, 0.1) is 38.1 Å². The lowest BCUT2D eigenvalue weighted by atomic mass is 10.2. The molecular formula is C20H17Cl4N5O2S. The number of anilines is 1. The van der Waals surface area contributed by atoms with E-state index in [4.69, 9.17) is 46.4 Å². The van der Waals surface area contributed by atoms with E-state index in [1.807, 2.05) is 11.5 Å². The molecule has 0 spiro atoms. The van der Waals surface area contributed by atoms with Gasteiger partial charge in [-0.1, -0.05) is 64.2 Å². The molecule has 168 valence electrons. The van der Waals surface area contributed by atoms with Crippen LogP contribution in [0.3, 0.4) is 0 Å². The minimum absolute atomic E-state index is 0.0939. The Labute approximate surface area is 208 Å². The van der Waals surface area contributed by atoms with E-state index >= 15 is 0 Å². The van der Waals surface area contributed by atoms with Gasteiger partial charge in [0.25, 0.3) is 5.91 Å². The Hall–Kier alpha value is -1.97. The maximum atomic E-state index is 12.4. The van der Waals surface area contributed by atoms with Crippen LogP contribution in [0.2, 0.25) is 20.1 Å². The highest BCUT2D eigenvalue weighted by molar-refractivity contribution is 7.99. The lowest BCUT2D eigenvalue weighted by Crippen LogP contribution is -2.24. The molecule has 2 aromatic carbocycles. The van der Waals surface area contributed by atoms with E-state index in [9.17, 15) is 9.59 Å². The summed E-state index contributed by atoms with van der Waals surface area (Å²) in [5.74, 6) is 0.0681. The van der Waals surface area contributed by atoms with Crippen LogP contribution in [0.4, 0.5) is 5.69 Å². The number of hydrogen-bond acceptors (Lipinski definition) is 5. The summed E-state index contributed by atoms with van der Waals surface area (Å²) in [6, 6.07) is 9.64. The number of nitrogens with zero attached hydrogens (tertiary/aromatic N) is 3. The quantitative estimate of drug-likeness (QED) is 0.370. The molecule has 2 amide bonds. The van der Waals surface area contributed by atoms with Gasteiger partial charge in [0.2, 0.25) is 5.91 Å². The van der Waals surface area contributed by atoms with Crippen molar-refractivity contribution >= 4 is 75.7 Å². The molecule has 2 N–H and O–H groups in total. The first-order valence-corrected chi connectivity index (χ1v) is 11.8. The molecule has 0 atom stereocenters. The molecule has 3 rings (SSSR count). The number of halogens is 4. The summed E-state index contributed by atoms with van der Waals surface area (Å²) in [5, 5.41) is 15.6. The highest BCUT2D eigenvalue weighted by Gasteiger charge is 2.16. The molecule has 1 aromatic heterocycles. The fourth-order valence-electron chi connectivity index (χ4n) is 2.69. The zero-order chi connectivity index (χ0) is 23.3. The molecule has 0 aliphatic carbocycles. The summed E-state index contributed by atoms with van der Waals surface area (Å²) in [7, 11) is 0. The van der Waals surface area contributed by atoms with Crippen LogP contribution in [0.15, 0.2) is 41.6 Å². The van der Waals surface area contributed by atoms with Crippen LogP contribution in [0.25, 0.3) is 0 Å². The minimum Gasteiger partial charge on any atom is -0.345 e. The summed E-state index contributed by atoms with van der Waals surface area (Å²) in [6.45, 7) is 2.64. The van der Waals surface area contributed by atoms with Gasteiger partial charge in [-0.05, 0) is 37.3 Å². The Bertz CT molecular complexity index is 1160. The fraction of sp³-hybridized carbons (Fsp3) is 0.200. The summed E-state index contributed by atoms with van der Waals surface area (Å²) >= 11 is 25.1. The number of thioether (sulfide) groups is 1. The van der Waals surface area contributed by atoms with Crippen LogP contribution in [-0.2, 0) is 17.9 Å². The average molecular weight is 533 g/mol. The number of carbonyl (C=O) groups is 2. The number of amides is 2. The highest BCUT2D eigenvalue weighted by Crippen LogP contribution is 2.30. The van der Waals surface area contributed by atoms with E-state index in [0.29, 0.717) is 43.8 Å². The monoisotopic (exact) mass is 531 g/mol. The van der Waals surface area contributed by atoms with E-state index in [2.05, 4.69) is 20.8 Å². The molecule has 32 heavy (non-hydrogen) atoms. The van der Waals surface area contributed by atoms with Crippen molar-refractivity contribution in [1.29, 1.82) is 0 Å².